The van der Waals surface area contributed by atoms with Crippen LogP contribution in [0.2, 0.25) is 0 Å². The molecule has 1 saturated carbocycles. The van der Waals surface area contributed by atoms with Crippen molar-refractivity contribution >= 4 is 18.3 Å². The van der Waals surface area contributed by atoms with Gasteiger partial charge in [0, 0.05) is 19.0 Å². The third-order valence-corrected chi connectivity index (χ3v) is 4.67. The summed E-state index contributed by atoms with van der Waals surface area (Å²) in [6.45, 7) is 4.18. The number of halogens is 1. The van der Waals surface area contributed by atoms with Gasteiger partial charge in [-0.2, -0.15) is 0 Å². The van der Waals surface area contributed by atoms with Crippen molar-refractivity contribution < 1.29 is 4.79 Å². The maximum atomic E-state index is 11.9. The van der Waals surface area contributed by atoms with Crippen molar-refractivity contribution in [3.63, 3.8) is 0 Å². The van der Waals surface area contributed by atoms with Crippen LogP contribution in [-0.4, -0.2) is 25.0 Å². The lowest BCUT2D eigenvalue weighted by molar-refractivity contribution is -0.122. The molecule has 3 nitrogen and oxygen atoms in total. The van der Waals surface area contributed by atoms with E-state index < -0.39 is 0 Å². The fraction of sp³-hybridized carbons (Fsp3) is 0.933. The second-order valence-electron chi connectivity index (χ2n) is 6.18. The molecule has 1 heterocycles. The summed E-state index contributed by atoms with van der Waals surface area (Å²) in [5, 5.41) is 6.51. The van der Waals surface area contributed by atoms with Gasteiger partial charge < -0.3 is 10.6 Å². The summed E-state index contributed by atoms with van der Waals surface area (Å²) in [5.74, 6) is 1.60. The molecule has 2 aliphatic rings. The van der Waals surface area contributed by atoms with E-state index in [2.05, 4.69) is 17.6 Å². The first-order valence-corrected chi connectivity index (χ1v) is 7.76. The maximum Gasteiger partial charge on any atom is 0.220 e. The van der Waals surface area contributed by atoms with Crippen LogP contribution in [0.4, 0.5) is 0 Å². The minimum atomic E-state index is 0. The van der Waals surface area contributed by atoms with Crippen LogP contribution in [-0.2, 0) is 4.79 Å². The molecule has 19 heavy (non-hydrogen) atoms. The predicted octanol–water partition coefficient (Wildman–Crippen LogP) is 2.88. The molecule has 0 aromatic carbocycles. The smallest absolute Gasteiger partial charge is 0.220 e. The van der Waals surface area contributed by atoms with E-state index in [1.54, 1.807) is 0 Å². The molecule has 0 spiro atoms. The summed E-state index contributed by atoms with van der Waals surface area (Å²) in [6.07, 6.45) is 9.96. The summed E-state index contributed by atoms with van der Waals surface area (Å²) >= 11 is 0. The van der Waals surface area contributed by atoms with Crippen LogP contribution in [0.3, 0.4) is 0 Å². The third-order valence-electron chi connectivity index (χ3n) is 4.67. The highest BCUT2D eigenvalue weighted by molar-refractivity contribution is 5.85. The minimum Gasteiger partial charge on any atom is -0.355 e. The molecule has 0 aromatic rings. The molecule has 112 valence electrons. The van der Waals surface area contributed by atoms with Crippen LogP contribution in [0.5, 0.6) is 0 Å². The Hall–Kier alpha value is -0.280. The molecule has 1 aliphatic carbocycles. The molecule has 2 rings (SSSR count). The molecular formula is C15H29ClN2O. The zero-order chi connectivity index (χ0) is 12.8. The Labute approximate surface area is 123 Å². The highest BCUT2D eigenvalue weighted by atomic mass is 35.5. The molecule has 2 atom stereocenters. The highest BCUT2D eigenvalue weighted by Crippen LogP contribution is 2.31. The Kier molecular flexibility index (Phi) is 7.77. The lowest BCUT2D eigenvalue weighted by atomic mass is 9.79. The van der Waals surface area contributed by atoms with Crippen LogP contribution < -0.4 is 10.6 Å². The minimum absolute atomic E-state index is 0. The molecule has 0 bridgehead atoms. The van der Waals surface area contributed by atoms with Crippen molar-refractivity contribution in [2.45, 2.75) is 64.3 Å². The fourth-order valence-electron chi connectivity index (χ4n) is 3.40. The molecule has 0 radical (unpaired) electrons. The zero-order valence-electron chi connectivity index (χ0n) is 12.1. The molecule has 4 heteroatoms. The molecule has 2 N–H and O–H groups in total. The lowest BCUT2D eigenvalue weighted by Gasteiger charge is -2.27. The number of rotatable bonds is 5. The Morgan fingerprint density at radius 3 is 2.58 bits per heavy atom. The summed E-state index contributed by atoms with van der Waals surface area (Å²) in [4.78, 5) is 11.9. The van der Waals surface area contributed by atoms with Gasteiger partial charge in [0.2, 0.25) is 5.91 Å². The van der Waals surface area contributed by atoms with E-state index in [1.165, 1.54) is 44.9 Å². The van der Waals surface area contributed by atoms with Gasteiger partial charge in [-0.15, -0.1) is 12.4 Å². The van der Waals surface area contributed by atoms with Crippen LogP contribution in [0, 0.1) is 11.8 Å². The third kappa shape index (κ3) is 5.70. The first kappa shape index (κ1) is 16.8. The number of hydrogen-bond donors (Lipinski definition) is 2. The average molecular weight is 289 g/mol. The Morgan fingerprint density at radius 2 is 1.95 bits per heavy atom. The molecule has 2 fully saturated rings. The normalized spacial score (nSPS) is 25.6. The molecule has 1 amide bonds. The number of carbonyl (C=O) groups is 1. The number of amides is 1. The Morgan fingerprint density at radius 1 is 1.21 bits per heavy atom. The Bertz CT molecular complexity index is 261. The van der Waals surface area contributed by atoms with E-state index in [-0.39, 0.29) is 18.3 Å². The van der Waals surface area contributed by atoms with Crippen LogP contribution in [0.15, 0.2) is 0 Å². The van der Waals surface area contributed by atoms with E-state index >= 15 is 0 Å². The van der Waals surface area contributed by atoms with Gasteiger partial charge in [-0.3, -0.25) is 4.79 Å². The van der Waals surface area contributed by atoms with Crippen molar-refractivity contribution in [1.82, 2.24) is 10.6 Å². The van der Waals surface area contributed by atoms with Crippen molar-refractivity contribution in [3.05, 3.63) is 0 Å². The van der Waals surface area contributed by atoms with Gasteiger partial charge >= 0.3 is 0 Å². The van der Waals surface area contributed by atoms with Crippen molar-refractivity contribution in [2.24, 2.45) is 11.8 Å². The molecule has 1 saturated heterocycles. The topological polar surface area (TPSA) is 41.1 Å². The second-order valence-corrected chi connectivity index (χ2v) is 6.18. The van der Waals surface area contributed by atoms with E-state index in [9.17, 15) is 4.79 Å². The molecule has 0 aromatic heterocycles. The average Bonchev–Trinajstić information content (AvgIpc) is 2.90. The van der Waals surface area contributed by atoms with Gasteiger partial charge in [0.15, 0.2) is 0 Å². The highest BCUT2D eigenvalue weighted by Gasteiger charge is 2.22. The number of carbonyl (C=O) groups excluding carboxylic acids is 1. The summed E-state index contributed by atoms with van der Waals surface area (Å²) in [5.41, 5.74) is 0. The lowest BCUT2D eigenvalue weighted by Crippen LogP contribution is -2.38. The maximum absolute atomic E-state index is 11.9. The van der Waals surface area contributed by atoms with E-state index in [0.717, 1.165) is 25.4 Å². The Balaban J connectivity index is 0.00000180. The summed E-state index contributed by atoms with van der Waals surface area (Å²) < 4.78 is 0. The van der Waals surface area contributed by atoms with Crippen molar-refractivity contribution in [3.8, 4) is 0 Å². The van der Waals surface area contributed by atoms with E-state index in [0.29, 0.717) is 12.0 Å². The van der Waals surface area contributed by atoms with E-state index in [4.69, 9.17) is 0 Å². The largest absolute Gasteiger partial charge is 0.355 e. The zero-order valence-corrected chi connectivity index (χ0v) is 12.9. The van der Waals surface area contributed by atoms with Gasteiger partial charge in [-0.05, 0) is 31.2 Å². The number of nitrogens with one attached hydrogen (secondary N) is 2. The monoisotopic (exact) mass is 288 g/mol. The van der Waals surface area contributed by atoms with Gasteiger partial charge in [-0.1, -0.05) is 39.0 Å². The van der Waals surface area contributed by atoms with Gasteiger partial charge in [0.25, 0.3) is 0 Å². The van der Waals surface area contributed by atoms with Gasteiger partial charge in [0.05, 0.1) is 0 Å². The predicted molar refractivity (Wildman–Crippen MR) is 81.6 cm³/mol. The molecular weight excluding hydrogens is 260 g/mol. The van der Waals surface area contributed by atoms with Crippen LogP contribution >= 0.6 is 12.4 Å². The summed E-state index contributed by atoms with van der Waals surface area (Å²) in [6, 6.07) is 0.513. The second kappa shape index (κ2) is 8.80. The first-order chi connectivity index (χ1) is 8.75. The summed E-state index contributed by atoms with van der Waals surface area (Å²) in [7, 11) is 0. The van der Waals surface area contributed by atoms with Crippen LogP contribution in [0.1, 0.15) is 58.3 Å². The molecule has 2 unspecified atom stereocenters. The van der Waals surface area contributed by atoms with Gasteiger partial charge in [0.1, 0.15) is 0 Å². The van der Waals surface area contributed by atoms with Crippen molar-refractivity contribution in [1.29, 1.82) is 0 Å². The first-order valence-electron chi connectivity index (χ1n) is 7.76. The van der Waals surface area contributed by atoms with Crippen LogP contribution in [0.25, 0.3) is 0 Å². The standard InChI is InChI=1S/C15H28N2O.ClH/c1-12(13-6-3-2-4-7-13)10-15(18)17-11-14-8-5-9-16-14;/h12-14,16H,2-11H2,1H3,(H,17,18);1H. The fourth-order valence-corrected chi connectivity index (χ4v) is 3.40. The molecule has 1 aliphatic heterocycles. The quantitative estimate of drug-likeness (QED) is 0.817. The SMILES string of the molecule is CC(CC(=O)NCC1CCCN1)C1CCCCC1.Cl. The van der Waals surface area contributed by atoms with E-state index in [1.807, 2.05) is 0 Å². The van der Waals surface area contributed by atoms with Gasteiger partial charge in [-0.25, -0.2) is 0 Å². The number of hydrogen-bond acceptors (Lipinski definition) is 2. The van der Waals surface area contributed by atoms with Crippen molar-refractivity contribution in [2.75, 3.05) is 13.1 Å².